The number of carbonyl (C=O) groups excluding carboxylic acids is 2. The van der Waals surface area contributed by atoms with Crippen LogP contribution in [0.4, 0.5) is 5.88 Å². The van der Waals surface area contributed by atoms with Gasteiger partial charge < -0.3 is 9.26 Å². The third-order valence-corrected chi connectivity index (χ3v) is 4.43. The number of benzene rings is 1. The molecule has 7 nitrogen and oxygen atoms in total. The Morgan fingerprint density at radius 3 is 2.62 bits per heavy atom. The van der Waals surface area contributed by atoms with E-state index in [1.807, 2.05) is 31.2 Å². The summed E-state index contributed by atoms with van der Waals surface area (Å²) in [5.41, 5.74) is 2.87. The smallest absolute Gasteiger partial charge is 0.358 e. The molecule has 1 amide bonds. The molecule has 3 rings (SSSR count). The summed E-state index contributed by atoms with van der Waals surface area (Å²) in [7, 11) is 0. The molecule has 0 radical (unpaired) electrons. The minimum atomic E-state index is -1.00. The van der Waals surface area contributed by atoms with E-state index < -0.39 is 18.0 Å². The van der Waals surface area contributed by atoms with Crippen LogP contribution in [0.1, 0.15) is 28.7 Å². The first-order valence-corrected chi connectivity index (χ1v) is 8.78. The summed E-state index contributed by atoms with van der Waals surface area (Å²) >= 11 is 1.34. The van der Waals surface area contributed by atoms with Gasteiger partial charge in [0.25, 0.3) is 5.91 Å². The monoisotopic (exact) mass is 371 g/mol. The number of amides is 1. The molecule has 2 aromatic heterocycles. The Morgan fingerprint density at radius 1 is 1.23 bits per heavy atom. The average Bonchev–Trinajstić information content (AvgIpc) is 3.25. The predicted octanol–water partition coefficient (Wildman–Crippen LogP) is 3.60. The van der Waals surface area contributed by atoms with Crippen molar-refractivity contribution in [2.75, 3.05) is 5.32 Å². The number of nitrogens with one attached hydrogen (secondary N) is 1. The standard InChI is InChI=1S/C18H17N3O4S/c1-10-4-6-13(7-5-10)17-19-14(9-26-17)18(23)24-12(3)16(22)20-15-8-11(2)21-25-15/h4-9,12H,1-3H3,(H,20,22)/t12-/m1/s1. The van der Waals surface area contributed by atoms with E-state index in [1.165, 1.54) is 18.3 Å². The molecule has 1 aromatic carbocycles. The Hall–Kier alpha value is -3.00. The lowest BCUT2D eigenvalue weighted by Gasteiger charge is -2.10. The molecule has 0 aliphatic heterocycles. The van der Waals surface area contributed by atoms with Gasteiger partial charge in [0.2, 0.25) is 5.88 Å². The van der Waals surface area contributed by atoms with Crippen LogP contribution in [-0.2, 0) is 9.53 Å². The van der Waals surface area contributed by atoms with Crippen molar-refractivity contribution >= 4 is 29.1 Å². The van der Waals surface area contributed by atoms with Gasteiger partial charge >= 0.3 is 5.97 Å². The lowest BCUT2D eigenvalue weighted by Crippen LogP contribution is -2.29. The minimum absolute atomic E-state index is 0.167. The zero-order chi connectivity index (χ0) is 18.7. The topological polar surface area (TPSA) is 94.3 Å². The predicted molar refractivity (Wildman–Crippen MR) is 97.0 cm³/mol. The second-order valence-electron chi connectivity index (χ2n) is 5.77. The van der Waals surface area contributed by atoms with Crippen LogP contribution in [0.3, 0.4) is 0 Å². The second kappa shape index (κ2) is 7.49. The second-order valence-corrected chi connectivity index (χ2v) is 6.63. The van der Waals surface area contributed by atoms with Crippen LogP contribution in [0.15, 0.2) is 40.2 Å². The van der Waals surface area contributed by atoms with Crippen LogP contribution in [0.5, 0.6) is 0 Å². The number of esters is 1. The highest BCUT2D eigenvalue weighted by molar-refractivity contribution is 7.13. The molecule has 3 aromatic rings. The zero-order valence-electron chi connectivity index (χ0n) is 14.5. The summed E-state index contributed by atoms with van der Waals surface area (Å²) in [5.74, 6) is -0.967. The number of thiazole rings is 1. The summed E-state index contributed by atoms with van der Waals surface area (Å²) in [6.45, 7) is 5.21. The molecule has 0 saturated heterocycles. The van der Waals surface area contributed by atoms with Gasteiger partial charge in [-0.3, -0.25) is 10.1 Å². The fraction of sp³-hybridized carbons (Fsp3) is 0.222. The van der Waals surface area contributed by atoms with E-state index in [0.29, 0.717) is 10.7 Å². The van der Waals surface area contributed by atoms with Gasteiger partial charge in [-0.05, 0) is 20.8 Å². The Balaban J connectivity index is 1.62. The van der Waals surface area contributed by atoms with Crippen LogP contribution in [0, 0.1) is 13.8 Å². The van der Waals surface area contributed by atoms with Crippen molar-refractivity contribution in [3.63, 3.8) is 0 Å². The Bertz CT molecular complexity index is 930. The molecule has 0 aliphatic carbocycles. The first-order valence-electron chi connectivity index (χ1n) is 7.90. The molecule has 0 unspecified atom stereocenters. The molecular formula is C18H17N3O4S. The number of aromatic nitrogens is 2. The number of rotatable bonds is 5. The van der Waals surface area contributed by atoms with Crippen LogP contribution >= 0.6 is 11.3 Å². The number of nitrogens with zero attached hydrogens (tertiary/aromatic N) is 2. The summed E-state index contributed by atoms with van der Waals surface area (Å²) in [4.78, 5) is 28.6. The maximum Gasteiger partial charge on any atom is 0.358 e. The van der Waals surface area contributed by atoms with Crippen LogP contribution < -0.4 is 5.32 Å². The van der Waals surface area contributed by atoms with Crippen LogP contribution in [0.2, 0.25) is 0 Å². The first-order chi connectivity index (χ1) is 12.4. The van der Waals surface area contributed by atoms with Crippen LogP contribution in [-0.4, -0.2) is 28.1 Å². The summed E-state index contributed by atoms with van der Waals surface area (Å²) < 4.78 is 10.1. The van der Waals surface area contributed by atoms with E-state index in [4.69, 9.17) is 9.26 Å². The van der Waals surface area contributed by atoms with Crippen molar-refractivity contribution in [3.05, 3.63) is 52.7 Å². The molecule has 0 aliphatic rings. The van der Waals surface area contributed by atoms with E-state index >= 15 is 0 Å². The quantitative estimate of drug-likeness (QED) is 0.689. The summed E-state index contributed by atoms with van der Waals surface area (Å²) in [5, 5.41) is 8.49. The number of carbonyl (C=O) groups is 2. The fourth-order valence-corrected chi connectivity index (χ4v) is 2.91. The highest BCUT2D eigenvalue weighted by atomic mass is 32.1. The molecule has 0 fully saturated rings. The molecule has 134 valence electrons. The van der Waals surface area contributed by atoms with E-state index in [2.05, 4.69) is 15.5 Å². The number of hydrogen-bond acceptors (Lipinski definition) is 7. The Kier molecular flexibility index (Phi) is 5.13. The van der Waals surface area contributed by atoms with E-state index in [9.17, 15) is 9.59 Å². The van der Waals surface area contributed by atoms with Gasteiger partial charge in [0.05, 0.1) is 5.69 Å². The largest absolute Gasteiger partial charge is 0.448 e. The van der Waals surface area contributed by atoms with Gasteiger partial charge in [0.15, 0.2) is 11.8 Å². The maximum atomic E-state index is 12.2. The van der Waals surface area contributed by atoms with Crippen molar-refractivity contribution in [3.8, 4) is 10.6 Å². The van der Waals surface area contributed by atoms with Gasteiger partial charge in [-0.25, -0.2) is 9.78 Å². The first kappa shape index (κ1) is 17.8. The fourth-order valence-electron chi connectivity index (χ4n) is 2.12. The lowest BCUT2D eigenvalue weighted by molar-refractivity contribution is -0.123. The van der Waals surface area contributed by atoms with E-state index in [1.54, 1.807) is 18.4 Å². The lowest BCUT2D eigenvalue weighted by atomic mass is 10.2. The molecule has 0 saturated carbocycles. The van der Waals surface area contributed by atoms with Gasteiger partial charge in [-0.15, -0.1) is 11.3 Å². The molecule has 1 N–H and O–H groups in total. The zero-order valence-corrected chi connectivity index (χ0v) is 15.3. The molecule has 0 bridgehead atoms. The van der Waals surface area contributed by atoms with Gasteiger partial charge in [0, 0.05) is 17.0 Å². The van der Waals surface area contributed by atoms with Crippen molar-refractivity contribution < 1.29 is 18.8 Å². The average molecular weight is 371 g/mol. The third kappa shape index (κ3) is 4.15. The molecular weight excluding hydrogens is 354 g/mol. The van der Waals surface area contributed by atoms with Crippen molar-refractivity contribution in [1.29, 1.82) is 0 Å². The normalized spacial score (nSPS) is 11.8. The third-order valence-electron chi connectivity index (χ3n) is 3.54. The molecule has 0 spiro atoms. The van der Waals surface area contributed by atoms with Crippen molar-refractivity contribution in [2.24, 2.45) is 0 Å². The van der Waals surface area contributed by atoms with Gasteiger partial charge in [-0.2, -0.15) is 0 Å². The van der Waals surface area contributed by atoms with Gasteiger partial charge in [0.1, 0.15) is 5.01 Å². The Morgan fingerprint density at radius 2 is 1.96 bits per heavy atom. The van der Waals surface area contributed by atoms with Crippen LogP contribution in [0.25, 0.3) is 10.6 Å². The maximum absolute atomic E-state index is 12.2. The minimum Gasteiger partial charge on any atom is -0.448 e. The highest BCUT2D eigenvalue weighted by Gasteiger charge is 2.22. The number of hydrogen-bond donors (Lipinski definition) is 1. The highest BCUT2D eigenvalue weighted by Crippen LogP contribution is 2.24. The van der Waals surface area contributed by atoms with Crippen molar-refractivity contribution in [1.82, 2.24) is 10.1 Å². The van der Waals surface area contributed by atoms with E-state index in [0.717, 1.165) is 11.1 Å². The summed E-state index contributed by atoms with van der Waals surface area (Å²) in [6, 6.07) is 9.41. The number of aryl methyl sites for hydroxylation is 2. The molecule has 2 heterocycles. The SMILES string of the molecule is Cc1ccc(-c2nc(C(=O)O[C@H](C)C(=O)Nc3cc(C)no3)cs2)cc1. The van der Waals surface area contributed by atoms with Crippen molar-refractivity contribution in [2.45, 2.75) is 26.9 Å². The van der Waals surface area contributed by atoms with E-state index in [-0.39, 0.29) is 11.6 Å². The molecule has 26 heavy (non-hydrogen) atoms. The number of anilines is 1. The molecule has 1 atom stereocenters. The Labute approximate surface area is 154 Å². The molecule has 8 heteroatoms. The number of ether oxygens (including phenoxy) is 1. The van der Waals surface area contributed by atoms with Gasteiger partial charge in [-0.1, -0.05) is 35.0 Å². The summed E-state index contributed by atoms with van der Waals surface area (Å²) in [6.07, 6.45) is -1.00.